The van der Waals surface area contributed by atoms with E-state index in [2.05, 4.69) is 42.9 Å². The summed E-state index contributed by atoms with van der Waals surface area (Å²) in [7, 11) is 10.1. The molecule has 1 N–H and O–H groups in total. The average Bonchev–Trinajstić information content (AvgIpc) is 4.20. The Bertz CT molecular complexity index is 3150. The van der Waals surface area contributed by atoms with Crippen LogP contribution >= 0.6 is 22.6 Å². The number of hydrogen-bond acceptors (Lipinski definition) is 12. The van der Waals surface area contributed by atoms with E-state index in [9.17, 15) is 43.2 Å². The zero-order chi connectivity index (χ0) is 51.3. The van der Waals surface area contributed by atoms with Crippen LogP contribution in [0.3, 0.4) is 0 Å². The number of amides is 3. The Balaban J connectivity index is 0.000000162. The van der Waals surface area contributed by atoms with Gasteiger partial charge in [-0.1, -0.05) is 22.6 Å². The molecule has 0 radical (unpaired) electrons. The van der Waals surface area contributed by atoms with E-state index in [-0.39, 0.29) is 63.6 Å². The van der Waals surface area contributed by atoms with Crippen molar-refractivity contribution in [2.75, 3.05) is 17.5 Å². The number of alkyl halides is 1. The fourth-order valence-corrected chi connectivity index (χ4v) is 9.35. The summed E-state index contributed by atoms with van der Waals surface area (Å²) in [6, 6.07) is 0.899. The lowest BCUT2D eigenvalue weighted by Gasteiger charge is -2.21. The number of fused-ring (bicyclic) bond motifs is 3. The summed E-state index contributed by atoms with van der Waals surface area (Å²) < 4.78 is 13.8. The van der Waals surface area contributed by atoms with Gasteiger partial charge in [-0.15, -0.1) is 0 Å². The highest BCUT2D eigenvalue weighted by Gasteiger charge is 2.28. The zero-order valence-corrected chi connectivity index (χ0v) is 43.5. The van der Waals surface area contributed by atoms with E-state index in [0.717, 1.165) is 36.5 Å². The van der Waals surface area contributed by atoms with Gasteiger partial charge in [-0.05, 0) is 59.3 Å². The summed E-state index contributed by atoms with van der Waals surface area (Å²) in [5.41, 5.74) is 0.559. The third-order valence-electron chi connectivity index (χ3n) is 13.1. The molecule has 3 fully saturated rings. The SMILES string of the molecule is CC1CCC(=O)N1.CC1CCC(=O)N1CCCn1c(=O)c2c(ncn2C)n(C)c1=O.CC1CCC(=O)N1CCCn1c(=O)c2c(ncn2C)n(C)c1=O.Cn1cnc2c1c(=O)n(CCCI)c(=O)n2C. The van der Waals surface area contributed by atoms with Crippen LogP contribution in [-0.4, -0.2) is 119 Å². The van der Waals surface area contributed by atoms with Gasteiger partial charge in [0.25, 0.3) is 16.7 Å². The number of rotatable bonds is 11. The maximum absolute atomic E-state index is 12.5. The first kappa shape index (κ1) is 53.0. The third-order valence-corrected chi connectivity index (χ3v) is 13.9. The monoisotopic (exact) mass is 1090 g/mol. The first-order valence-corrected chi connectivity index (χ1v) is 25.0. The van der Waals surface area contributed by atoms with Gasteiger partial charge in [0.05, 0.1) is 19.0 Å². The van der Waals surface area contributed by atoms with Crippen LogP contribution in [0.5, 0.6) is 0 Å². The van der Waals surface area contributed by atoms with E-state index >= 15 is 0 Å². The lowest BCUT2D eigenvalue weighted by molar-refractivity contribution is -0.129. The molecule has 3 aliphatic heterocycles. The van der Waals surface area contributed by atoms with Crippen molar-refractivity contribution in [3.05, 3.63) is 81.5 Å². The molecular formula is C45H64IN15O9. The number of nitrogens with one attached hydrogen (secondary N) is 1. The van der Waals surface area contributed by atoms with E-state index in [4.69, 9.17) is 0 Å². The number of nitrogens with zero attached hydrogens (tertiary/aromatic N) is 14. The molecule has 9 rings (SSSR count). The Morgan fingerprint density at radius 2 is 0.843 bits per heavy atom. The number of halogens is 1. The first-order valence-electron chi connectivity index (χ1n) is 23.5. The van der Waals surface area contributed by atoms with Gasteiger partial charge in [0.15, 0.2) is 33.5 Å². The summed E-state index contributed by atoms with van der Waals surface area (Å²) in [6.07, 6.45) is 11.2. The molecule has 0 saturated carbocycles. The Labute approximate surface area is 415 Å². The number of carbonyl (C=O) groups is 3. The van der Waals surface area contributed by atoms with Crippen molar-refractivity contribution in [3.63, 3.8) is 0 Å². The van der Waals surface area contributed by atoms with Gasteiger partial charge in [-0.3, -0.25) is 56.2 Å². The van der Waals surface area contributed by atoms with Crippen LogP contribution in [0, 0.1) is 0 Å². The van der Waals surface area contributed by atoms with Gasteiger partial charge in [-0.25, -0.2) is 29.3 Å². The summed E-state index contributed by atoms with van der Waals surface area (Å²) in [5.74, 6) is 0.507. The minimum Gasteiger partial charge on any atom is -0.354 e. The Kier molecular flexibility index (Phi) is 17.1. The van der Waals surface area contributed by atoms with Gasteiger partial charge in [0.1, 0.15) is 0 Å². The first-order chi connectivity index (χ1) is 33.2. The maximum Gasteiger partial charge on any atom is 0.332 e. The molecule has 25 heteroatoms. The largest absolute Gasteiger partial charge is 0.354 e. The number of likely N-dealkylation sites (tertiary alicyclic amines) is 2. The van der Waals surface area contributed by atoms with E-state index in [1.165, 1.54) is 40.1 Å². The normalized spacial score (nSPS) is 17.8. The fraction of sp³-hybridized carbons (Fsp3) is 0.600. The lowest BCUT2D eigenvalue weighted by atomic mass is 10.2. The summed E-state index contributed by atoms with van der Waals surface area (Å²) in [5, 5.41) is 2.78. The van der Waals surface area contributed by atoms with E-state index in [1.54, 1.807) is 62.3 Å². The van der Waals surface area contributed by atoms with Crippen molar-refractivity contribution in [1.29, 1.82) is 0 Å². The molecule has 0 aromatic carbocycles. The second kappa shape index (κ2) is 22.6. The Morgan fingerprint density at radius 3 is 1.10 bits per heavy atom. The molecule has 0 bridgehead atoms. The molecule has 9 heterocycles. The van der Waals surface area contributed by atoms with E-state index < -0.39 is 0 Å². The van der Waals surface area contributed by atoms with Crippen molar-refractivity contribution in [1.82, 2.24) is 71.2 Å². The molecule has 3 atom stereocenters. The minimum atomic E-state index is -0.373. The van der Waals surface area contributed by atoms with E-state index in [0.29, 0.717) is 97.9 Å². The average molecular weight is 1090 g/mol. The predicted molar refractivity (Wildman–Crippen MR) is 271 cm³/mol. The summed E-state index contributed by atoms with van der Waals surface area (Å²) >= 11 is 2.23. The molecule has 3 amide bonds. The number of hydrogen-bond donors (Lipinski definition) is 1. The van der Waals surface area contributed by atoms with Crippen molar-refractivity contribution in [3.8, 4) is 0 Å². The predicted octanol–water partition coefficient (Wildman–Crippen LogP) is 0.213. The Morgan fingerprint density at radius 1 is 0.500 bits per heavy atom. The van der Waals surface area contributed by atoms with Gasteiger partial charge in [-0.2, -0.15) is 0 Å². The fourth-order valence-electron chi connectivity index (χ4n) is 9.01. The molecule has 24 nitrogen and oxygen atoms in total. The van der Waals surface area contributed by atoms with Crippen molar-refractivity contribution in [2.24, 2.45) is 42.3 Å². The van der Waals surface area contributed by atoms with Crippen LogP contribution in [-0.2, 0) is 76.3 Å². The van der Waals surface area contributed by atoms with Gasteiger partial charge in [0.2, 0.25) is 17.7 Å². The molecule has 0 aliphatic carbocycles. The van der Waals surface area contributed by atoms with Crippen molar-refractivity contribution < 1.29 is 14.4 Å². The second-order valence-corrected chi connectivity index (χ2v) is 19.3. The van der Waals surface area contributed by atoms with Crippen molar-refractivity contribution in [2.45, 2.75) is 116 Å². The topological polar surface area (TPSA) is 255 Å². The molecule has 6 aromatic rings. The number of imidazole rings is 3. The highest BCUT2D eigenvalue weighted by molar-refractivity contribution is 14.1. The maximum atomic E-state index is 12.5. The van der Waals surface area contributed by atoms with E-state index in [1.807, 2.05) is 30.6 Å². The van der Waals surface area contributed by atoms with Crippen LogP contribution in [0.4, 0.5) is 0 Å². The smallest absolute Gasteiger partial charge is 0.332 e. The number of carbonyl (C=O) groups excluding carboxylic acids is 3. The van der Waals surface area contributed by atoms with Gasteiger partial charge < -0.3 is 28.8 Å². The molecule has 380 valence electrons. The summed E-state index contributed by atoms with van der Waals surface area (Å²) in [4.78, 5) is 124. The zero-order valence-electron chi connectivity index (χ0n) is 41.4. The minimum absolute atomic E-state index is 0.153. The molecule has 0 spiro atoms. The van der Waals surface area contributed by atoms with Crippen LogP contribution in [0.15, 0.2) is 47.7 Å². The third kappa shape index (κ3) is 11.0. The molecule has 3 aliphatic rings. The highest BCUT2D eigenvalue weighted by atomic mass is 127. The molecule has 3 saturated heterocycles. The molecule has 70 heavy (non-hydrogen) atoms. The lowest BCUT2D eigenvalue weighted by Crippen LogP contribution is -2.40. The number of aryl methyl sites for hydroxylation is 6. The van der Waals surface area contributed by atoms with Crippen LogP contribution < -0.4 is 39.1 Å². The summed E-state index contributed by atoms with van der Waals surface area (Å²) in [6.45, 7) is 8.25. The van der Waals surface area contributed by atoms with Gasteiger partial charge >= 0.3 is 17.1 Å². The molecular weight excluding hydrogens is 1020 g/mol. The van der Waals surface area contributed by atoms with Crippen molar-refractivity contribution >= 4 is 73.8 Å². The standard InChI is InChI=1S/2C15H21N5O3.C10H13IN4O2.C5H9NO/c2*1-10-5-6-11(21)19(10)7-4-8-20-14(22)12-13(16-9-17(12)2)18(3)15(20)23;1-13-6-12-8-7(13)9(16)15(5-3-4-11)10(17)14(8)2;1-4-2-3-5(7)6-4/h2*9-10H,4-8H2,1-3H3;6H,3-5H2,1-2H3;4H,2-3H2,1H3,(H,6,7). The highest BCUT2D eigenvalue weighted by Crippen LogP contribution is 2.19. The van der Waals surface area contributed by atoms with Crippen LogP contribution in [0.1, 0.15) is 78.6 Å². The molecule has 6 aromatic heterocycles. The quantitative estimate of drug-likeness (QED) is 0.135. The number of aromatic nitrogens is 12. The molecule has 3 unspecified atom stereocenters. The Hall–Kier alpha value is -6.41. The van der Waals surface area contributed by atoms with Crippen LogP contribution in [0.2, 0.25) is 0 Å². The van der Waals surface area contributed by atoms with Crippen LogP contribution in [0.25, 0.3) is 33.5 Å². The second-order valence-electron chi connectivity index (χ2n) is 18.2. The van der Waals surface area contributed by atoms with Gasteiger partial charge in [0, 0.05) is 117 Å².